The molecule has 0 aromatic heterocycles. The van der Waals surface area contributed by atoms with Crippen molar-refractivity contribution >= 4 is 6.08 Å². The number of unbranched alkanes of at least 4 members (excludes halogenated alkanes) is 1. The summed E-state index contributed by atoms with van der Waals surface area (Å²) in [7, 11) is 0. The molecule has 2 aliphatic rings. The molecule has 0 amide bonds. The van der Waals surface area contributed by atoms with Gasteiger partial charge in [-0.15, -0.1) is 0 Å². The molecule has 2 aliphatic carbocycles. The molecular weight excluding hydrogens is 417 g/mol. The van der Waals surface area contributed by atoms with Gasteiger partial charge in [0, 0.05) is 0 Å². The molecule has 1 unspecified atom stereocenters. The van der Waals surface area contributed by atoms with E-state index in [-0.39, 0.29) is 0 Å². The number of hydrogen-bond acceptors (Lipinski definition) is 0. The topological polar surface area (TPSA) is 0 Å². The van der Waals surface area contributed by atoms with Crippen molar-refractivity contribution in [1.82, 2.24) is 0 Å². The quantitative estimate of drug-likeness (QED) is 0.408. The Labute approximate surface area is 169 Å². The molecule has 3 rings (SSSR count). The Morgan fingerprint density at radius 3 is 2.11 bits per heavy atom. The zero-order valence-corrected chi connectivity index (χ0v) is 20.0. The second-order valence-electron chi connectivity index (χ2n) is 8.27. The molecule has 3 heteroatoms. The number of allylic oxidation sites excluding steroid dienone is 5. The molecule has 1 atom stereocenters. The SMILES string of the molecule is CCCCC1=Cc2ccccc2[CH]1[Zr]([F])([F])[C]1(CC)C(C)=C(C)C(C)=C1C. The Morgan fingerprint density at radius 1 is 0.963 bits per heavy atom. The summed E-state index contributed by atoms with van der Waals surface area (Å²) in [6, 6.07) is 7.87. The molecule has 146 valence electrons. The Hall–Kier alpha value is -0.817. The predicted octanol–water partition coefficient (Wildman–Crippen LogP) is 8.49. The van der Waals surface area contributed by atoms with Crippen molar-refractivity contribution in [2.24, 2.45) is 0 Å². The fourth-order valence-electron chi connectivity index (χ4n) is 5.41. The molecule has 0 saturated heterocycles. The van der Waals surface area contributed by atoms with Crippen LogP contribution in [-0.4, -0.2) is 0 Å². The van der Waals surface area contributed by atoms with E-state index in [1.807, 2.05) is 58.9 Å². The minimum atomic E-state index is -5.71. The van der Waals surface area contributed by atoms with Gasteiger partial charge in [-0.05, 0) is 0 Å². The van der Waals surface area contributed by atoms with Crippen molar-refractivity contribution in [2.75, 3.05) is 0 Å². The first-order valence-electron chi connectivity index (χ1n) is 10.3. The Balaban J connectivity index is 2.19. The van der Waals surface area contributed by atoms with E-state index in [1.165, 1.54) is 0 Å². The standard InChI is InChI=1S/C13H15.C11H17.2FH.Zr/c1-2-3-6-11-9-12-7-4-5-8-13(12)10-11;1-6-11-9(4)7(2)8(3)10(11)5;;;/h4-5,7-10H,2-3,6H2,1H3;6H2,1-5H3;2*1H;/q;;;;+2/p-2. The Morgan fingerprint density at radius 2 is 1.56 bits per heavy atom. The van der Waals surface area contributed by atoms with Gasteiger partial charge in [0.25, 0.3) is 0 Å². The average Bonchev–Trinajstić information content (AvgIpc) is 3.11. The van der Waals surface area contributed by atoms with E-state index >= 15 is 5.25 Å². The van der Waals surface area contributed by atoms with Gasteiger partial charge in [0.2, 0.25) is 0 Å². The van der Waals surface area contributed by atoms with Crippen LogP contribution in [-0.2, 0) is 21.5 Å². The summed E-state index contributed by atoms with van der Waals surface area (Å²) in [5.74, 6) is 0. The van der Waals surface area contributed by atoms with Crippen LogP contribution in [0.1, 0.15) is 82.0 Å². The molecule has 0 N–H and O–H groups in total. The van der Waals surface area contributed by atoms with Crippen LogP contribution in [0.15, 0.2) is 52.1 Å². The van der Waals surface area contributed by atoms with Crippen molar-refractivity contribution in [1.29, 1.82) is 0 Å². The Bertz CT molecular complexity index is 818. The van der Waals surface area contributed by atoms with Gasteiger partial charge in [0.1, 0.15) is 0 Å². The third kappa shape index (κ3) is 2.91. The van der Waals surface area contributed by atoms with Gasteiger partial charge < -0.3 is 0 Å². The number of fused-ring (bicyclic) bond motifs is 1. The van der Waals surface area contributed by atoms with E-state index in [2.05, 4.69) is 13.0 Å². The maximum atomic E-state index is 16.8. The molecule has 0 aliphatic heterocycles. The molecule has 0 saturated carbocycles. The van der Waals surface area contributed by atoms with E-state index in [9.17, 15) is 0 Å². The fraction of sp³-hybridized carbons (Fsp3) is 0.500. The van der Waals surface area contributed by atoms with Crippen LogP contribution < -0.4 is 0 Å². The van der Waals surface area contributed by atoms with Crippen molar-refractivity contribution in [3.05, 3.63) is 63.3 Å². The van der Waals surface area contributed by atoms with E-state index in [1.54, 1.807) is 0 Å². The van der Waals surface area contributed by atoms with Crippen molar-refractivity contribution in [2.45, 2.75) is 74.0 Å². The second kappa shape index (κ2) is 7.54. The molecule has 0 bridgehead atoms. The molecule has 0 radical (unpaired) electrons. The van der Waals surface area contributed by atoms with Gasteiger partial charge in [-0.2, -0.15) is 0 Å². The Kier molecular flexibility index (Phi) is 5.84. The molecule has 27 heavy (non-hydrogen) atoms. The van der Waals surface area contributed by atoms with Gasteiger partial charge in [-0.25, -0.2) is 0 Å². The zero-order chi connectivity index (χ0) is 20.0. The molecule has 1 aromatic carbocycles. The maximum absolute atomic E-state index is 16.8. The van der Waals surface area contributed by atoms with Gasteiger partial charge >= 0.3 is 170 Å². The summed E-state index contributed by atoms with van der Waals surface area (Å²) in [5, 5.41) is 0. The van der Waals surface area contributed by atoms with Gasteiger partial charge in [0.15, 0.2) is 0 Å². The number of benzene rings is 1. The third-order valence-electron chi connectivity index (χ3n) is 7.27. The summed E-state index contributed by atoms with van der Waals surface area (Å²) in [4.78, 5) is 0. The summed E-state index contributed by atoms with van der Waals surface area (Å²) < 4.78 is 32.0. The molecule has 1 aromatic rings. The van der Waals surface area contributed by atoms with E-state index < -0.39 is 28.2 Å². The van der Waals surface area contributed by atoms with E-state index in [4.69, 9.17) is 0 Å². The first kappa shape index (κ1) is 20.9. The van der Waals surface area contributed by atoms with Crippen LogP contribution in [0.4, 0.5) is 5.25 Å². The summed E-state index contributed by atoms with van der Waals surface area (Å²) >= 11 is -5.71. The normalized spacial score (nSPS) is 21.8. The minimum absolute atomic E-state index is 0.516. The number of halogens is 2. The van der Waals surface area contributed by atoms with E-state index in [0.717, 1.165) is 58.3 Å². The third-order valence-corrected chi connectivity index (χ3v) is 16.2. The van der Waals surface area contributed by atoms with Crippen molar-refractivity contribution in [3.8, 4) is 0 Å². The van der Waals surface area contributed by atoms with Gasteiger partial charge in [0.05, 0.1) is 0 Å². The second-order valence-corrected chi connectivity index (χ2v) is 14.8. The molecule has 0 heterocycles. The molecule has 0 fully saturated rings. The molecule has 0 nitrogen and oxygen atoms in total. The van der Waals surface area contributed by atoms with E-state index in [0.29, 0.717) is 6.42 Å². The van der Waals surface area contributed by atoms with Crippen molar-refractivity contribution in [3.63, 3.8) is 0 Å². The van der Waals surface area contributed by atoms with Crippen LogP contribution in [0.25, 0.3) is 6.08 Å². The number of hydrogen-bond donors (Lipinski definition) is 0. The van der Waals surface area contributed by atoms with Crippen LogP contribution in [0.5, 0.6) is 0 Å². The summed E-state index contributed by atoms with van der Waals surface area (Å²) in [6.07, 6.45) is 5.42. The molecular formula is C24H32F2Zr. The fourth-order valence-corrected chi connectivity index (χ4v) is 14.5. The number of rotatable bonds is 6. The zero-order valence-electron chi connectivity index (χ0n) is 17.5. The average molecular weight is 450 g/mol. The van der Waals surface area contributed by atoms with Crippen LogP contribution >= 0.6 is 0 Å². The first-order chi connectivity index (χ1) is 12.7. The monoisotopic (exact) mass is 448 g/mol. The van der Waals surface area contributed by atoms with Gasteiger partial charge in [-0.1, -0.05) is 0 Å². The summed E-state index contributed by atoms with van der Waals surface area (Å²) in [6.45, 7) is 12.1. The van der Waals surface area contributed by atoms with Crippen LogP contribution in [0.2, 0.25) is 3.12 Å². The van der Waals surface area contributed by atoms with Crippen LogP contribution in [0, 0.1) is 0 Å². The van der Waals surface area contributed by atoms with Gasteiger partial charge in [-0.3, -0.25) is 0 Å². The summed E-state index contributed by atoms with van der Waals surface area (Å²) in [5.41, 5.74) is 6.98. The van der Waals surface area contributed by atoms with Crippen LogP contribution in [0.3, 0.4) is 0 Å². The van der Waals surface area contributed by atoms with Crippen molar-refractivity contribution < 1.29 is 26.7 Å². The first-order valence-corrected chi connectivity index (χ1v) is 14.8. The predicted molar refractivity (Wildman–Crippen MR) is 109 cm³/mol. The molecule has 0 spiro atoms.